The number of hydrogen-bond donors (Lipinski definition) is 0. The molecular weight excluding hydrogens is 410 g/mol. The van der Waals surface area contributed by atoms with E-state index in [-0.39, 0.29) is 24.1 Å². The van der Waals surface area contributed by atoms with Gasteiger partial charge in [-0.15, -0.1) is 0 Å². The Labute approximate surface area is 177 Å². The van der Waals surface area contributed by atoms with Crippen LogP contribution in [0.25, 0.3) is 0 Å². The fraction of sp³-hybridized carbons (Fsp3) is 0.364. The lowest BCUT2D eigenvalue weighted by atomic mass is 10.1. The second-order valence-corrected chi connectivity index (χ2v) is 7.68. The van der Waals surface area contributed by atoms with Gasteiger partial charge in [-0.2, -0.15) is 23.4 Å². The van der Waals surface area contributed by atoms with E-state index in [0.717, 1.165) is 36.4 Å². The summed E-state index contributed by atoms with van der Waals surface area (Å²) in [6, 6.07) is 8.76. The molecule has 1 aliphatic rings. The lowest BCUT2D eigenvalue weighted by molar-refractivity contribution is -0.137. The zero-order valence-electron chi connectivity index (χ0n) is 16.9. The van der Waals surface area contributed by atoms with Crippen LogP contribution >= 0.6 is 0 Å². The lowest BCUT2D eigenvalue weighted by Gasteiger charge is -2.24. The molecule has 162 valence electrons. The summed E-state index contributed by atoms with van der Waals surface area (Å²) >= 11 is 0. The minimum atomic E-state index is -4.38. The van der Waals surface area contributed by atoms with Crippen molar-refractivity contribution in [2.45, 2.75) is 51.4 Å². The molecule has 0 spiro atoms. The molecule has 1 aromatic carbocycles. The van der Waals surface area contributed by atoms with Crippen LogP contribution < -0.4 is 4.90 Å². The van der Waals surface area contributed by atoms with Crippen molar-refractivity contribution in [2.24, 2.45) is 0 Å². The second-order valence-electron chi connectivity index (χ2n) is 7.68. The fourth-order valence-electron chi connectivity index (χ4n) is 3.34. The first-order chi connectivity index (χ1) is 14.8. The van der Waals surface area contributed by atoms with Crippen LogP contribution in [0.5, 0.6) is 0 Å². The Morgan fingerprint density at radius 2 is 1.71 bits per heavy atom. The van der Waals surface area contributed by atoms with E-state index in [1.54, 1.807) is 0 Å². The first-order valence-corrected chi connectivity index (χ1v) is 10.0. The highest BCUT2D eigenvalue weighted by Crippen LogP contribution is 2.34. The van der Waals surface area contributed by atoms with E-state index in [0.29, 0.717) is 18.4 Å². The molecule has 0 bridgehead atoms. The maximum absolute atomic E-state index is 15.2. The highest BCUT2D eigenvalue weighted by atomic mass is 19.4. The normalized spacial score (nSPS) is 14.0. The Morgan fingerprint density at radius 1 is 0.968 bits per heavy atom. The summed E-state index contributed by atoms with van der Waals surface area (Å²) in [5, 5.41) is 8.10. The van der Waals surface area contributed by atoms with Crippen molar-refractivity contribution in [1.29, 1.82) is 0 Å². The minimum Gasteiger partial charge on any atom is -0.347 e. The summed E-state index contributed by atoms with van der Waals surface area (Å²) in [7, 11) is 0. The minimum absolute atomic E-state index is 0.113. The van der Waals surface area contributed by atoms with Gasteiger partial charge in [0.25, 0.3) is 0 Å². The van der Waals surface area contributed by atoms with Gasteiger partial charge in [-0.05, 0) is 62.4 Å². The van der Waals surface area contributed by atoms with Gasteiger partial charge in [-0.1, -0.05) is 12.1 Å². The third kappa shape index (κ3) is 5.15. The number of aromatic nitrogens is 4. The van der Waals surface area contributed by atoms with Crippen LogP contribution in [0.1, 0.15) is 41.1 Å². The molecule has 1 fully saturated rings. The Kier molecular flexibility index (Phi) is 5.84. The van der Waals surface area contributed by atoms with Crippen LogP contribution in [-0.2, 0) is 25.6 Å². The maximum atomic E-state index is 15.2. The Morgan fingerprint density at radius 3 is 2.32 bits per heavy atom. The topological polar surface area (TPSA) is 54.8 Å². The van der Waals surface area contributed by atoms with E-state index in [2.05, 4.69) is 20.2 Å². The summed E-state index contributed by atoms with van der Waals surface area (Å²) in [6.07, 6.45) is -0.446. The molecular formula is C22H21F4N5. The van der Waals surface area contributed by atoms with Gasteiger partial charge in [0.05, 0.1) is 22.6 Å². The molecule has 0 N–H and O–H groups in total. The van der Waals surface area contributed by atoms with Gasteiger partial charge in [0.15, 0.2) is 11.6 Å². The maximum Gasteiger partial charge on any atom is 0.416 e. The highest BCUT2D eigenvalue weighted by Gasteiger charge is 2.33. The number of alkyl halides is 3. The molecule has 31 heavy (non-hydrogen) atoms. The van der Waals surface area contributed by atoms with Crippen molar-refractivity contribution in [1.82, 2.24) is 20.2 Å². The molecule has 1 aliphatic carbocycles. The van der Waals surface area contributed by atoms with E-state index in [1.807, 2.05) is 24.0 Å². The van der Waals surface area contributed by atoms with Crippen molar-refractivity contribution < 1.29 is 17.6 Å². The Hall–Kier alpha value is -3.10. The van der Waals surface area contributed by atoms with E-state index in [1.165, 1.54) is 18.5 Å². The Bertz CT molecular complexity index is 1030. The van der Waals surface area contributed by atoms with Gasteiger partial charge >= 0.3 is 6.18 Å². The average Bonchev–Trinajstić information content (AvgIpc) is 3.58. The largest absolute Gasteiger partial charge is 0.416 e. The monoisotopic (exact) mass is 431 g/mol. The predicted octanol–water partition coefficient (Wildman–Crippen LogP) is 4.69. The summed E-state index contributed by atoms with van der Waals surface area (Å²) in [5.41, 5.74) is 1.79. The molecule has 4 rings (SSSR count). The number of halogens is 4. The molecule has 0 saturated heterocycles. The summed E-state index contributed by atoms with van der Waals surface area (Å²) in [6.45, 7) is 2.12. The van der Waals surface area contributed by atoms with E-state index >= 15 is 4.39 Å². The summed E-state index contributed by atoms with van der Waals surface area (Å²) < 4.78 is 53.7. The van der Waals surface area contributed by atoms with Gasteiger partial charge in [-0.25, -0.2) is 14.4 Å². The SMILES string of the molecule is Cc1ccc(CCc2ncnc(N(Cc3ccc(C(F)(F)F)cc3)C3CC3)c2F)nn1. The van der Waals surface area contributed by atoms with Crippen LogP contribution in [-0.4, -0.2) is 26.2 Å². The van der Waals surface area contributed by atoms with Gasteiger partial charge in [-0.3, -0.25) is 0 Å². The molecule has 5 nitrogen and oxygen atoms in total. The van der Waals surface area contributed by atoms with E-state index < -0.39 is 17.6 Å². The zero-order valence-corrected chi connectivity index (χ0v) is 16.9. The molecule has 0 radical (unpaired) electrons. The Balaban J connectivity index is 1.52. The molecule has 0 unspecified atom stereocenters. The molecule has 0 aliphatic heterocycles. The number of benzene rings is 1. The quantitative estimate of drug-likeness (QED) is 0.508. The van der Waals surface area contributed by atoms with Gasteiger partial charge in [0.2, 0.25) is 0 Å². The number of nitrogens with zero attached hydrogens (tertiary/aromatic N) is 5. The van der Waals surface area contributed by atoms with E-state index in [9.17, 15) is 13.2 Å². The highest BCUT2D eigenvalue weighted by molar-refractivity contribution is 5.45. The van der Waals surface area contributed by atoms with Gasteiger partial charge in [0.1, 0.15) is 6.33 Å². The zero-order chi connectivity index (χ0) is 22.0. The first-order valence-electron chi connectivity index (χ1n) is 10.0. The van der Waals surface area contributed by atoms with Gasteiger partial charge in [0, 0.05) is 12.6 Å². The van der Waals surface area contributed by atoms with E-state index in [4.69, 9.17) is 0 Å². The third-order valence-corrected chi connectivity index (χ3v) is 5.21. The number of anilines is 1. The van der Waals surface area contributed by atoms with Crippen molar-refractivity contribution in [2.75, 3.05) is 4.90 Å². The number of hydrogen-bond acceptors (Lipinski definition) is 5. The lowest BCUT2D eigenvalue weighted by Crippen LogP contribution is -2.27. The fourth-order valence-corrected chi connectivity index (χ4v) is 3.34. The summed E-state index contributed by atoms with van der Waals surface area (Å²) in [5.74, 6) is -0.316. The van der Waals surface area contributed by atoms with Gasteiger partial charge < -0.3 is 4.90 Å². The van der Waals surface area contributed by atoms with Crippen molar-refractivity contribution in [3.05, 3.63) is 76.8 Å². The van der Waals surface area contributed by atoms with Crippen LogP contribution in [0.15, 0.2) is 42.7 Å². The molecule has 1 saturated carbocycles. The predicted molar refractivity (Wildman–Crippen MR) is 107 cm³/mol. The smallest absolute Gasteiger partial charge is 0.347 e. The molecule has 2 heterocycles. The molecule has 9 heteroatoms. The first kappa shape index (κ1) is 21.1. The summed E-state index contributed by atoms with van der Waals surface area (Å²) in [4.78, 5) is 10.1. The van der Waals surface area contributed by atoms with Crippen LogP contribution in [0.2, 0.25) is 0 Å². The standard InChI is InChI=1S/C22H21F4N5/c1-14-2-7-17(30-29-14)8-11-19-20(23)21(28-13-27-19)31(18-9-10-18)12-15-3-5-16(6-4-15)22(24,25)26/h2-7,13,18H,8-12H2,1H3. The molecule has 3 aromatic rings. The van der Waals surface area contributed by atoms with Crippen LogP contribution in [0.3, 0.4) is 0 Å². The molecule has 2 aromatic heterocycles. The number of rotatable bonds is 7. The van der Waals surface area contributed by atoms with Crippen molar-refractivity contribution in [3.8, 4) is 0 Å². The van der Waals surface area contributed by atoms with Crippen LogP contribution in [0, 0.1) is 12.7 Å². The van der Waals surface area contributed by atoms with Crippen molar-refractivity contribution >= 4 is 5.82 Å². The molecule has 0 atom stereocenters. The number of aryl methyl sites for hydroxylation is 3. The average molecular weight is 431 g/mol. The van der Waals surface area contributed by atoms with Crippen LogP contribution in [0.4, 0.5) is 23.4 Å². The second kappa shape index (κ2) is 8.56. The third-order valence-electron chi connectivity index (χ3n) is 5.21. The van der Waals surface area contributed by atoms with Crippen molar-refractivity contribution in [3.63, 3.8) is 0 Å². The molecule has 0 amide bonds.